The Morgan fingerprint density at radius 1 is 1.05 bits per heavy atom. The van der Waals surface area contributed by atoms with Crippen LogP contribution < -0.4 is 4.72 Å². The van der Waals surface area contributed by atoms with Gasteiger partial charge in [-0.2, -0.15) is 0 Å². The molecule has 0 aromatic heterocycles. The van der Waals surface area contributed by atoms with E-state index in [0.717, 1.165) is 11.6 Å². The lowest BCUT2D eigenvalue weighted by molar-refractivity contribution is 0.577. The normalized spacial score (nSPS) is 11.6. The smallest absolute Gasteiger partial charge is 0.211 e. The lowest BCUT2D eigenvalue weighted by Gasteiger charge is -2.07. The Morgan fingerprint density at radius 3 is 2.48 bits per heavy atom. The largest absolute Gasteiger partial charge is 0.240 e. The molecule has 0 heterocycles. The third-order valence-corrected chi connectivity index (χ3v) is 4.99. The molecular formula is C14H12Cl2FNO2S. The number of sulfonamides is 1. The minimum atomic E-state index is -3.72. The van der Waals surface area contributed by atoms with Crippen LogP contribution in [0.1, 0.15) is 5.56 Å². The van der Waals surface area contributed by atoms with E-state index >= 15 is 0 Å². The summed E-state index contributed by atoms with van der Waals surface area (Å²) in [7, 11) is -3.72. The van der Waals surface area contributed by atoms with Crippen molar-refractivity contribution in [3.8, 4) is 0 Å². The fourth-order valence-corrected chi connectivity index (χ4v) is 3.13. The topological polar surface area (TPSA) is 46.2 Å². The summed E-state index contributed by atoms with van der Waals surface area (Å²) < 4.78 is 39.4. The van der Waals surface area contributed by atoms with Gasteiger partial charge in [0.2, 0.25) is 10.0 Å². The number of benzene rings is 2. The van der Waals surface area contributed by atoms with Gasteiger partial charge in [-0.3, -0.25) is 0 Å². The van der Waals surface area contributed by atoms with Crippen LogP contribution >= 0.6 is 23.2 Å². The van der Waals surface area contributed by atoms with E-state index in [2.05, 4.69) is 4.72 Å². The van der Waals surface area contributed by atoms with Crippen molar-refractivity contribution in [2.24, 2.45) is 0 Å². The summed E-state index contributed by atoms with van der Waals surface area (Å²) >= 11 is 11.7. The van der Waals surface area contributed by atoms with Gasteiger partial charge in [-0.25, -0.2) is 17.5 Å². The molecule has 3 nitrogen and oxygen atoms in total. The van der Waals surface area contributed by atoms with Gasteiger partial charge in [0.1, 0.15) is 5.82 Å². The quantitative estimate of drug-likeness (QED) is 0.897. The molecule has 2 aromatic rings. The first kappa shape index (κ1) is 16.2. The van der Waals surface area contributed by atoms with Crippen LogP contribution in [0.2, 0.25) is 10.0 Å². The molecule has 112 valence electrons. The van der Waals surface area contributed by atoms with Crippen LogP contribution in [0.25, 0.3) is 0 Å². The minimum Gasteiger partial charge on any atom is -0.211 e. The maximum absolute atomic E-state index is 13.0. The zero-order chi connectivity index (χ0) is 15.5. The zero-order valence-electron chi connectivity index (χ0n) is 10.8. The minimum absolute atomic E-state index is 0.100. The molecule has 0 atom stereocenters. The lowest BCUT2D eigenvalue weighted by Crippen LogP contribution is -2.26. The summed E-state index contributed by atoms with van der Waals surface area (Å²) in [5.74, 6) is -0.595. The van der Waals surface area contributed by atoms with E-state index < -0.39 is 15.8 Å². The molecule has 0 saturated heterocycles. The summed E-state index contributed by atoms with van der Waals surface area (Å²) in [4.78, 5) is -0.100. The standard InChI is InChI=1S/C14H12Cl2FNO2S/c15-13-5-4-10(8-14(13)16)6-7-18-21(19,20)12-3-1-2-11(17)9-12/h1-5,8-9,18H,6-7H2. The monoisotopic (exact) mass is 347 g/mol. The number of halogens is 3. The van der Waals surface area contributed by atoms with Crippen LogP contribution in [0.3, 0.4) is 0 Å². The Balaban J connectivity index is 2.00. The van der Waals surface area contributed by atoms with Crippen LogP contribution in [0, 0.1) is 5.82 Å². The second-order valence-corrected chi connectivity index (χ2v) is 6.93. The number of hydrogen-bond acceptors (Lipinski definition) is 2. The Bertz CT molecular complexity index is 750. The van der Waals surface area contributed by atoms with Crippen LogP contribution in [-0.4, -0.2) is 15.0 Å². The molecule has 0 unspecified atom stereocenters. The molecule has 21 heavy (non-hydrogen) atoms. The van der Waals surface area contributed by atoms with Gasteiger partial charge < -0.3 is 0 Å². The van der Waals surface area contributed by atoms with Crippen molar-refractivity contribution in [3.05, 3.63) is 63.9 Å². The number of hydrogen-bond donors (Lipinski definition) is 1. The van der Waals surface area contributed by atoms with E-state index in [4.69, 9.17) is 23.2 Å². The predicted octanol–water partition coefficient (Wildman–Crippen LogP) is 3.65. The summed E-state index contributed by atoms with van der Waals surface area (Å²) in [6, 6.07) is 9.95. The molecule has 0 radical (unpaired) electrons. The highest BCUT2D eigenvalue weighted by Gasteiger charge is 2.13. The Hall–Kier alpha value is -1.14. The second kappa shape index (κ2) is 6.75. The highest BCUT2D eigenvalue weighted by atomic mass is 35.5. The van der Waals surface area contributed by atoms with Gasteiger partial charge in [0.15, 0.2) is 0 Å². The highest BCUT2D eigenvalue weighted by Crippen LogP contribution is 2.22. The van der Waals surface area contributed by atoms with Crippen LogP contribution in [0.5, 0.6) is 0 Å². The van der Waals surface area contributed by atoms with E-state index in [9.17, 15) is 12.8 Å². The Kier molecular flexibility index (Phi) is 5.22. The lowest BCUT2D eigenvalue weighted by atomic mass is 10.1. The molecule has 0 aliphatic heterocycles. The average molecular weight is 348 g/mol. The van der Waals surface area contributed by atoms with Gasteiger partial charge in [0.05, 0.1) is 14.9 Å². The molecule has 0 spiro atoms. The molecule has 2 aromatic carbocycles. The second-order valence-electron chi connectivity index (χ2n) is 4.35. The molecule has 0 aliphatic rings. The summed E-state index contributed by atoms with van der Waals surface area (Å²) in [5.41, 5.74) is 0.853. The van der Waals surface area contributed by atoms with E-state index in [1.807, 2.05) is 0 Å². The van der Waals surface area contributed by atoms with Crippen LogP contribution in [-0.2, 0) is 16.4 Å². The van der Waals surface area contributed by atoms with E-state index in [1.54, 1.807) is 18.2 Å². The third-order valence-electron chi connectivity index (χ3n) is 2.80. The van der Waals surface area contributed by atoms with E-state index in [-0.39, 0.29) is 11.4 Å². The average Bonchev–Trinajstić information content (AvgIpc) is 2.43. The van der Waals surface area contributed by atoms with Crippen molar-refractivity contribution >= 4 is 33.2 Å². The van der Waals surface area contributed by atoms with Gasteiger partial charge in [0.25, 0.3) is 0 Å². The van der Waals surface area contributed by atoms with Gasteiger partial charge >= 0.3 is 0 Å². The predicted molar refractivity (Wildman–Crippen MR) is 81.8 cm³/mol. The fraction of sp³-hybridized carbons (Fsp3) is 0.143. The van der Waals surface area contributed by atoms with Gasteiger partial charge in [-0.05, 0) is 42.3 Å². The van der Waals surface area contributed by atoms with Crippen molar-refractivity contribution in [1.29, 1.82) is 0 Å². The van der Waals surface area contributed by atoms with Crippen molar-refractivity contribution < 1.29 is 12.8 Å². The van der Waals surface area contributed by atoms with Crippen molar-refractivity contribution in [1.82, 2.24) is 4.72 Å². The molecule has 2 rings (SSSR count). The highest BCUT2D eigenvalue weighted by molar-refractivity contribution is 7.89. The maximum Gasteiger partial charge on any atom is 0.240 e. The Morgan fingerprint density at radius 2 is 1.81 bits per heavy atom. The third kappa shape index (κ3) is 4.41. The SMILES string of the molecule is O=S(=O)(NCCc1ccc(Cl)c(Cl)c1)c1cccc(F)c1. The van der Waals surface area contributed by atoms with E-state index in [1.165, 1.54) is 18.2 Å². The molecule has 0 saturated carbocycles. The molecule has 1 N–H and O–H groups in total. The first-order chi connectivity index (χ1) is 9.88. The number of rotatable bonds is 5. The van der Waals surface area contributed by atoms with Crippen LogP contribution in [0.4, 0.5) is 4.39 Å². The molecule has 0 amide bonds. The summed E-state index contributed by atoms with van der Waals surface area (Å²) in [6.45, 7) is 0.177. The molecular weight excluding hydrogens is 336 g/mol. The van der Waals surface area contributed by atoms with Crippen molar-refractivity contribution in [2.45, 2.75) is 11.3 Å². The van der Waals surface area contributed by atoms with Gasteiger partial charge in [-0.15, -0.1) is 0 Å². The first-order valence-corrected chi connectivity index (χ1v) is 8.31. The maximum atomic E-state index is 13.0. The van der Waals surface area contributed by atoms with Gasteiger partial charge in [0, 0.05) is 6.54 Å². The Labute approximate surface area is 132 Å². The number of nitrogens with one attached hydrogen (secondary N) is 1. The van der Waals surface area contributed by atoms with Crippen molar-refractivity contribution in [2.75, 3.05) is 6.54 Å². The molecule has 0 bridgehead atoms. The first-order valence-electron chi connectivity index (χ1n) is 6.08. The molecule has 0 aliphatic carbocycles. The summed E-state index contributed by atoms with van der Waals surface area (Å²) in [6.07, 6.45) is 0.450. The van der Waals surface area contributed by atoms with Crippen molar-refractivity contribution in [3.63, 3.8) is 0 Å². The molecule has 0 fully saturated rings. The molecule has 7 heteroatoms. The van der Waals surface area contributed by atoms with Crippen LogP contribution in [0.15, 0.2) is 47.4 Å². The fourth-order valence-electron chi connectivity index (χ4n) is 1.74. The summed E-state index contributed by atoms with van der Waals surface area (Å²) in [5, 5.41) is 0.864. The van der Waals surface area contributed by atoms with E-state index in [0.29, 0.717) is 16.5 Å². The zero-order valence-corrected chi connectivity index (χ0v) is 13.1. The van der Waals surface area contributed by atoms with Gasteiger partial charge in [-0.1, -0.05) is 35.3 Å².